The normalized spacial score (nSPS) is 27.7. The van der Waals surface area contributed by atoms with Crippen LogP contribution in [0.15, 0.2) is 0 Å². The van der Waals surface area contributed by atoms with Crippen molar-refractivity contribution in [2.24, 2.45) is 11.3 Å². The number of carbonyl (C=O) groups excluding carboxylic acids is 1. The van der Waals surface area contributed by atoms with Crippen molar-refractivity contribution in [3.8, 4) is 0 Å². The number of rotatable bonds is 5. The third-order valence-electron chi connectivity index (χ3n) is 5.66. The standard InChI is InChI=1S/C18H31F2N3O2S/c1-16(2,3)25-15(24)22-26-23(14-8-17(9-14)11-21-12-17)10-13-4-6-18(19,20)7-5-13/h13-14,21H,4-12H2,1-3H3,(H,22,24). The topological polar surface area (TPSA) is 53.6 Å². The Bertz CT molecular complexity index is 505. The molecule has 1 spiro atoms. The van der Waals surface area contributed by atoms with E-state index in [2.05, 4.69) is 14.3 Å². The van der Waals surface area contributed by atoms with Gasteiger partial charge < -0.3 is 10.1 Å². The van der Waals surface area contributed by atoms with E-state index in [1.165, 1.54) is 12.1 Å². The van der Waals surface area contributed by atoms with Crippen molar-refractivity contribution in [2.45, 2.75) is 76.9 Å². The molecular weight excluding hydrogens is 360 g/mol. The quantitative estimate of drug-likeness (QED) is 0.695. The Morgan fingerprint density at radius 2 is 1.88 bits per heavy atom. The molecule has 3 aliphatic rings. The molecular formula is C18H31F2N3O2S. The monoisotopic (exact) mass is 391 g/mol. The van der Waals surface area contributed by atoms with Crippen LogP contribution in [0.2, 0.25) is 0 Å². The summed E-state index contributed by atoms with van der Waals surface area (Å²) in [6.07, 6.45) is 2.81. The minimum atomic E-state index is -2.50. The molecule has 0 aromatic heterocycles. The minimum Gasteiger partial charge on any atom is -0.443 e. The lowest BCUT2D eigenvalue weighted by Crippen LogP contribution is -2.64. The van der Waals surface area contributed by atoms with Crippen molar-refractivity contribution < 1.29 is 18.3 Å². The summed E-state index contributed by atoms with van der Waals surface area (Å²) in [5, 5.41) is 3.33. The van der Waals surface area contributed by atoms with Crippen LogP contribution in [-0.4, -0.2) is 47.6 Å². The number of halogens is 2. The van der Waals surface area contributed by atoms with E-state index in [1.54, 1.807) is 0 Å². The first-order valence-corrected chi connectivity index (χ1v) is 10.3. The molecule has 0 aromatic rings. The molecule has 0 atom stereocenters. The molecule has 3 fully saturated rings. The Labute approximate surface area is 159 Å². The molecule has 1 saturated heterocycles. The molecule has 2 saturated carbocycles. The number of amides is 1. The van der Waals surface area contributed by atoms with E-state index in [9.17, 15) is 13.6 Å². The fourth-order valence-corrected chi connectivity index (χ4v) is 4.92. The molecule has 5 nitrogen and oxygen atoms in total. The maximum Gasteiger partial charge on any atom is 0.418 e. The van der Waals surface area contributed by atoms with Gasteiger partial charge in [0.15, 0.2) is 0 Å². The Kier molecular flexibility index (Phi) is 5.76. The molecule has 3 rings (SSSR count). The van der Waals surface area contributed by atoms with E-state index >= 15 is 0 Å². The lowest BCUT2D eigenvalue weighted by Gasteiger charge is -2.57. The van der Waals surface area contributed by atoms with Gasteiger partial charge in [0.05, 0.1) is 0 Å². The first kappa shape index (κ1) is 20.1. The fraction of sp³-hybridized carbons (Fsp3) is 0.944. The maximum absolute atomic E-state index is 13.4. The van der Waals surface area contributed by atoms with E-state index in [-0.39, 0.29) is 18.8 Å². The largest absolute Gasteiger partial charge is 0.443 e. The average Bonchev–Trinajstić information content (AvgIpc) is 2.41. The van der Waals surface area contributed by atoms with Crippen LogP contribution in [0.25, 0.3) is 0 Å². The highest BCUT2D eigenvalue weighted by Gasteiger charge is 2.51. The summed E-state index contributed by atoms with van der Waals surface area (Å²) in [7, 11) is 0. The number of hydrogen-bond donors (Lipinski definition) is 2. The molecule has 26 heavy (non-hydrogen) atoms. The number of ether oxygens (including phenoxy) is 1. The van der Waals surface area contributed by atoms with Crippen LogP contribution >= 0.6 is 12.1 Å². The Balaban J connectivity index is 1.51. The Morgan fingerprint density at radius 3 is 2.38 bits per heavy atom. The van der Waals surface area contributed by atoms with E-state index in [1.807, 2.05) is 20.8 Å². The van der Waals surface area contributed by atoms with E-state index in [0.717, 1.165) is 32.5 Å². The highest BCUT2D eigenvalue weighted by Crippen LogP contribution is 2.48. The first-order valence-electron chi connectivity index (χ1n) is 9.57. The van der Waals surface area contributed by atoms with Gasteiger partial charge in [0.25, 0.3) is 0 Å². The van der Waals surface area contributed by atoms with Gasteiger partial charge in [-0.15, -0.1) is 0 Å². The van der Waals surface area contributed by atoms with Gasteiger partial charge in [0.2, 0.25) is 5.92 Å². The van der Waals surface area contributed by atoms with Crippen molar-refractivity contribution >= 4 is 18.2 Å². The second-order valence-corrected chi connectivity index (χ2v) is 10.1. The number of nitrogens with one attached hydrogen (secondary N) is 2. The molecule has 0 aromatic carbocycles. The maximum atomic E-state index is 13.4. The van der Waals surface area contributed by atoms with Crippen molar-refractivity contribution in [1.29, 1.82) is 0 Å². The molecule has 2 aliphatic carbocycles. The van der Waals surface area contributed by atoms with E-state index in [4.69, 9.17) is 4.74 Å². The summed E-state index contributed by atoms with van der Waals surface area (Å²) >= 11 is 1.28. The minimum absolute atomic E-state index is 0.0197. The molecule has 0 radical (unpaired) electrons. The molecule has 1 aliphatic heterocycles. The van der Waals surface area contributed by atoms with Gasteiger partial charge in [0, 0.05) is 50.7 Å². The van der Waals surface area contributed by atoms with Crippen LogP contribution in [0, 0.1) is 11.3 Å². The van der Waals surface area contributed by atoms with Crippen molar-refractivity contribution in [2.75, 3.05) is 19.6 Å². The summed E-state index contributed by atoms with van der Waals surface area (Å²) < 4.78 is 37.1. The number of carbonyl (C=O) groups is 1. The van der Waals surface area contributed by atoms with Crippen LogP contribution in [0.1, 0.15) is 59.3 Å². The zero-order chi connectivity index (χ0) is 19.0. The number of nitrogens with zero attached hydrogens (tertiary/aromatic N) is 1. The van der Waals surface area contributed by atoms with Crippen LogP contribution in [0.3, 0.4) is 0 Å². The van der Waals surface area contributed by atoms with Crippen LogP contribution in [-0.2, 0) is 4.74 Å². The molecule has 2 N–H and O–H groups in total. The van der Waals surface area contributed by atoms with Crippen molar-refractivity contribution in [3.05, 3.63) is 0 Å². The van der Waals surface area contributed by atoms with E-state index in [0.29, 0.717) is 24.3 Å². The molecule has 0 bridgehead atoms. The SMILES string of the molecule is CC(C)(C)OC(=O)NSN(CC1CCC(F)(F)CC1)C1CC2(CNC2)C1. The summed E-state index contributed by atoms with van der Waals surface area (Å²) in [6.45, 7) is 8.36. The lowest BCUT2D eigenvalue weighted by molar-refractivity contribution is -0.0521. The van der Waals surface area contributed by atoms with Gasteiger partial charge in [0.1, 0.15) is 5.60 Å². The first-order chi connectivity index (χ1) is 12.1. The average molecular weight is 392 g/mol. The number of hydrogen-bond acceptors (Lipinski definition) is 5. The van der Waals surface area contributed by atoms with Crippen LogP contribution in [0.4, 0.5) is 13.6 Å². The van der Waals surface area contributed by atoms with Gasteiger partial charge in [-0.2, -0.15) is 0 Å². The molecule has 150 valence electrons. The zero-order valence-electron chi connectivity index (χ0n) is 15.9. The lowest BCUT2D eigenvalue weighted by atomic mass is 9.61. The Hall–Kier alpha value is -0.600. The zero-order valence-corrected chi connectivity index (χ0v) is 16.8. The Morgan fingerprint density at radius 1 is 1.27 bits per heavy atom. The van der Waals surface area contributed by atoms with Gasteiger partial charge in [-0.1, -0.05) is 0 Å². The molecule has 8 heteroatoms. The molecule has 1 heterocycles. The predicted molar refractivity (Wildman–Crippen MR) is 98.9 cm³/mol. The smallest absolute Gasteiger partial charge is 0.418 e. The van der Waals surface area contributed by atoms with Gasteiger partial charge >= 0.3 is 6.09 Å². The fourth-order valence-electron chi connectivity index (χ4n) is 4.10. The summed E-state index contributed by atoms with van der Waals surface area (Å²) in [5.41, 5.74) is -0.114. The van der Waals surface area contributed by atoms with Crippen molar-refractivity contribution in [1.82, 2.24) is 14.3 Å². The van der Waals surface area contributed by atoms with Gasteiger partial charge in [-0.25, -0.2) is 17.9 Å². The van der Waals surface area contributed by atoms with Crippen LogP contribution in [0.5, 0.6) is 0 Å². The highest BCUT2D eigenvalue weighted by molar-refractivity contribution is 7.95. The van der Waals surface area contributed by atoms with Gasteiger partial charge in [-0.05, 0) is 57.8 Å². The predicted octanol–water partition coefficient (Wildman–Crippen LogP) is 3.95. The van der Waals surface area contributed by atoms with E-state index < -0.39 is 17.6 Å². The third kappa shape index (κ3) is 5.23. The number of alkyl halides is 2. The third-order valence-corrected chi connectivity index (χ3v) is 6.60. The summed E-state index contributed by atoms with van der Waals surface area (Å²) in [6, 6.07) is 0.388. The van der Waals surface area contributed by atoms with Crippen molar-refractivity contribution in [3.63, 3.8) is 0 Å². The summed E-state index contributed by atoms with van der Waals surface area (Å²) in [4.78, 5) is 12.0. The van der Waals surface area contributed by atoms with Gasteiger partial charge in [-0.3, -0.25) is 4.72 Å². The second-order valence-electron chi connectivity index (χ2n) is 9.26. The van der Waals surface area contributed by atoms with Crippen LogP contribution < -0.4 is 10.0 Å². The second kappa shape index (κ2) is 7.43. The molecule has 0 unspecified atom stereocenters. The molecule has 1 amide bonds. The summed E-state index contributed by atoms with van der Waals surface area (Å²) in [5.74, 6) is -2.24. The highest BCUT2D eigenvalue weighted by atomic mass is 32.2.